The van der Waals surface area contributed by atoms with E-state index in [2.05, 4.69) is 34.5 Å². The van der Waals surface area contributed by atoms with Crippen LogP contribution in [-0.4, -0.2) is 48.7 Å². The molecule has 1 unspecified atom stereocenters. The highest BCUT2D eigenvalue weighted by Gasteiger charge is 2.45. The zero-order chi connectivity index (χ0) is 14.7. The molecule has 0 aromatic heterocycles. The molecule has 0 radical (unpaired) electrons. The van der Waals surface area contributed by atoms with Gasteiger partial charge in [0, 0.05) is 26.2 Å². The van der Waals surface area contributed by atoms with Gasteiger partial charge >= 0.3 is 0 Å². The van der Waals surface area contributed by atoms with Crippen molar-refractivity contribution in [3.8, 4) is 0 Å². The minimum atomic E-state index is -0.599. The highest BCUT2D eigenvalue weighted by Crippen LogP contribution is 2.32. The first-order valence-corrected chi connectivity index (χ1v) is 7.61. The minimum Gasteiger partial charge on any atom is -0.374 e. The molecule has 1 aromatic carbocycles. The average Bonchev–Trinajstić information content (AvgIpc) is 3.25. The molecule has 0 bridgehead atoms. The van der Waals surface area contributed by atoms with E-state index in [0.29, 0.717) is 13.2 Å². The zero-order valence-electron chi connectivity index (χ0n) is 12.3. The maximum Gasteiger partial charge on any atom is 0.240 e. The zero-order valence-corrected chi connectivity index (χ0v) is 12.3. The van der Waals surface area contributed by atoms with E-state index in [0.717, 1.165) is 32.5 Å². The van der Waals surface area contributed by atoms with Gasteiger partial charge in [0.25, 0.3) is 0 Å². The monoisotopic (exact) mass is 289 g/mol. The quantitative estimate of drug-likeness (QED) is 0.828. The van der Waals surface area contributed by atoms with Gasteiger partial charge in [-0.2, -0.15) is 0 Å². The van der Waals surface area contributed by atoms with Crippen LogP contribution < -0.4 is 11.1 Å². The van der Waals surface area contributed by atoms with Gasteiger partial charge in [0.05, 0.1) is 18.2 Å². The molecular formula is C16H23N3O2. The summed E-state index contributed by atoms with van der Waals surface area (Å²) >= 11 is 0. The Labute approximate surface area is 125 Å². The van der Waals surface area contributed by atoms with Crippen LogP contribution >= 0.6 is 0 Å². The molecule has 0 spiro atoms. The van der Waals surface area contributed by atoms with E-state index in [1.54, 1.807) is 0 Å². The standard InChI is InChI=1S/C16H23N3O2/c17-16(6-7-16)15(20)18-10-14-12-19(8-9-21-14)11-13-4-2-1-3-5-13/h1-5,14H,6-12,17H2,(H,18,20). The lowest BCUT2D eigenvalue weighted by Crippen LogP contribution is -2.50. The number of morpholine rings is 1. The second-order valence-electron chi connectivity index (χ2n) is 6.08. The van der Waals surface area contributed by atoms with Crippen LogP contribution in [0, 0.1) is 0 Å². The van der Waals surface area contributed by atoms with Gasteiger partial charge < -0.3 is 15.8 Å². The lowest BCUT2D eigenvalue weighted by Gasteiger charge is -2.33. The predicted molar refractivity (Wildman–Crippen MR) is 80.6 cm³/mol. The SMILES string of the molecule is NC1(C(=O)NCC2CN(Cc3ccccc3)CCO2)CC1. The summed E-state index contributed by atoms with van der Waals surface area (Å²) in [6.07, 6.45) is 1.64. The van der Waals surface area contributed by atoms with Crippen LogP contribution in [0.15, 0.2) is 30.3 Å². The van der Waals surface area contributed by atoms with Crippen LogP contribution in [0.2, 0.25) is 0 Å². The summed E-state index contributed by atoms with van der Waals surface area (Å²) in [5.41, 5.74) is 6.58. The average molecular weight is 289 g/mol. The van der Waals surface area contributed by atoms with Crippen LogP contribution in [0.25, 0.3) is 0 Å². The van der Waals surface area contributed by atoms with Gasteiger partial charge in [-0.15, -0.1) is 0 Å². The number of carbonyl (C=O) groups is 1. The normalized spacial score (nSPS) is 24.5. The summed E-state index contributed by atoms with van der Waals surface area (Å²) in [6, 6.07) is 10.4. The van der Waals surface area contributed by atoms with E-state index in [-0.39, 0.29) is 12.0 Å². The van der Waals surface area contributed by atoms with Crippen molar-refractivity contribution in [1.29, 1.82) is 0 Å². The topological polar surface area (TPSA) is 67.6 Å². The number of amides is 1. The van der Waals surface area contributed by atoms with Crippen molar-refractivity contribution in [2.24, 2.45) is 5.73 Å². The van der Waals surface area contributed by atoms with Crippen LogP contribution in [0.3, 0.4) is 0 Å². The Morgan fingerprint density at radius 1 is 1.38 bits per heavy atom. The molecule has 114 valence electrons. The summed E-state index contributed by atoms with van der Waals surface area (Å²) in [5, 5.41) is 2.92. The lowest BCUT2D eigenvalue weighted by atomic mass is 10.2. The molecule has 3 rings (SSSR count). The van der Waals surface area contributed by atoms with E-state index in [1.807, 2.05) is 6.07 Å². The molecule has 1 atom stereocenters. The van der Waals surface area contributed by atoms with Gasteiger partial charge in [-0.25, -0.2) is 0 Å². The van der Waals surface area contributed by atoms with Crippen LogP contribution in [-0.2, 0) is 16.1 Å². The second-order valence-corrected chi connectivity index (χ2v) is 6.08. The Bertz CT molecular complexity index is 488. The first-order valence-electron chi connectivity index (χ1n) is 7.61. The Morgan fingerprint density at radius 3 is 2.86 bits per heavy atom. The Kier molecular flexibility index (Phi) is 4.24. The number of nitrogens with two attached hydrogens (primary N) is 1. The van der Waals surface area contributed by atoms with Gasteiger partial charge in [-0.05, 0) is 18.4 Å². The third-order valence-electron chi connectivity index (χ3n) is 4.20. The van der Waals surface area contributed by atoms with Crippen molar-refractivity contribution in [2.75, 3.05) is 26.2 Å². The van der Waals surface area contributed by atoms with Crippen LogP contribution in [0.4, 0.5) is 0 Å². The van der Waals surface area contributed by atoms with E-state index < -0.39 is 5.54 Å². The van der Waals surface area contributed by atoms with Crippen molar-refractivity contribution < 1.29 is 9.53 Å². The number of nitrogens with zero attached hydrogens (tertiary/aromatic N) is 1. The Balaban J connectivity index is 1.46. The number of hydrogen-bond donors (Lipinski definition) is 2. The van der Waals surface area contributed by atoms with Crippen molar-refractivity contribution in [2.45, 2.75) is 31.0 Å². The fourth-order valence-corrected chi connectivity index (χ4v) is 2.63. The molecule has 1 aromatic rings. The molecule has 1 aliphatic heterocycles. The van der Waals surface area contributed by atoms with E-state index >= 15 is 0 Å². The summed E-state index contributed by atoms with van der Waals surface area (Å²) < 4.78 is 5.73. The van der Waals surface area contributed by atoms with Crippen LogP contribution in [0.1, 0.15) is 18.4 Å². The van der Waals surface area contributed by atoms with E-state index in [9.17, 15) is 4.79 Å². The summed E-state index contributed by atoms with van der Waals surface area (Å²) in [5.74, 6) is -0.0358. The summed E-state index contributed by atoms with van der Waals surface area (Å²) in [7, 11) is 0. The highest BCUT2D eigenvalue weighted by molar-refractivity contribution is 5.88. The van der Waals surface area contributed by atoms with Crippen molar-refractivity contribution in [3.63, 3.8) is 0 Å². The van der Waals surface area contributed by atoms with E-state index in [4.69, 9.17) is 10.5 Å². The lowest BCUT2D eigenvalue weighted by molar-refractivity contribution is -0.124. The Morgan fingerprint density at radius 2 is 2.14 bits per heavy atom. The molecule has 2 aliphatic rings. The number of hydrogen-bond acceptors (Lipinski definition) is 4. The molecule has 5 nitrogen and oxygen atoms in total. The molecule has 2 fully saturated rings. The smallest absolute Gasteiger partial charge is 0.240 e. The minimum absolute atomic E-state index is 0.0358. The molecule has 1 amide bonds. The molecular weight excluding hydrogens is 266 g/mol. The fraction of sp³-hybridized carbons (Fsp3) is 0.562. The van der Waals surface area contributed by atoms with Gasteiger partial charge in [0.2, 0.25) is 5.91 Å². The van der Waals surface area contributed by atoms with E-state index in [1.165, 1.54) is 5.56 Å². The second kappa shape index (κ2) is 6.13. The molecule has 5 heteroatoms. The largest absolute Gasteiger partial charge is 0.374 e. The molecule has 1 aliphatic carbocycles. The molecule has 21 heavy (non-hydrogen) atoms. The predicted octanol–water partition coefficient (Wildman–Crippen LogP) is 0.495. The maximum absolute atomic E-state index is 11.8. The molecule has 1 saturated carbocycles. The number of rotatable bonds is 5. The number of ether oxygens (including phenoxy) is 1. The molecule has 1 heterocycles. The Hall–Kier alpha value is -1.43. The first kappa shape index (κ1) is 14.5. The maximum atomic E-state index is 11.8. The van der Waals surface area contributed by atoms with Gasteiger partial charge in [0.1, 0.15) is 0 Å². The van der Waals surface area contributed by atoms with Crippen molar-refractivity contribution >= 4 is 5.91 Å². The highest BCUT2D eigenvalue weighted by atomic mass is 16.5. The summed E-state index contributed by atoms with van der Waals surface area (Å²) in [4.78, 5) is 14.2. The first-order chi connectivity index (χ1) is 10.2. The summed E-state index contributed by atoms with van der Waals surface area (Å²) in [6.45, 7) is 3.95. The van der Waals surface area contributed by atoms with Crippen LogP contribution in [0.5, 0.6) is 0 Å². The van der Waals surface area contributed by atoms with Gasteiger partial charge in [-0.3, -0.25) is 9.69 Å². The number of nitrogens with one attached hydrogen (secondary N) is 1. The van der Waals surface area contributed by atoms with Gasteiger partial charge in [0.15, 0.2) is 0 Å². The molecule has 3 N–H and O–H groups in total. The number of benzene rings is 1. The fourth-order valence-electron chi connectivity index (χ4n) is 2.63. The number of carbonyl (C=O) groups excluding carboxylic acids is 1. The molecule has 1 saturated heterocycles. The van der Waals surface area contributed by atoms with Gasteiger partial charge in [-0.1, -0.05) is 30.3 Å². The van der Waals surface area contributed by atoms with Crippen molar-refractivity contribution in [3.05, 3.63) is 35.9 Å². The third kappa shape index (κ3) is 3.81. The third-order valence-corrected chi connectivity index (χ3v) is 4.20. The van der Waals surface area contributed by atoms with Crippen molar-refractivity contribution in [1.82, 2.24) is 10.2 Å².